The van der Waals surface area contributed by atoms with E-state index >= 15 is 0 Å². The number of hydrogen-bond acceptors (Lipinski definition) is 5. The number of nitrogens with one attached hydrogen (secondary N) is 1. The third-order valence-electron chi connectivity index (χ3n) is 3.38. The maximum Gasteiger partial charge on any atom is 0.273 e. The van der Waals surface area contributed by atoms with Gasteiger partial charge in [0.2, 0.25) is 0 Å². The molecule has 0 radical (unpaired) electrons. The molecule has 0 fully saturated rings. The molecule has 0 spiro atoms. The van der Waals surface area contributed by atoms with Crippen LogP contribution in [0.1, 0.15) is 27.7 Å². The van der Waals surface area contributed by atoms with E-state index in [2.05, 4.69) is 5.32 Å². The second kappa shape index (κ2) is 6.09. The van der Waals surface area contributed by atoms with Crippen molar-refractivity contribution in [2.24, 2.45) is 0 Å². The maximum absolute atomic E-state index is 11.8. The van der Waals surface area contributed by atoms with E-state index in [9.17, 15) is 20.0 Å². The molecule has 7 heteroatoms. The lowest BCUT2D eigenvalue weighted by Crippen LogP contribution is -2.58. The van der Waals surface area contributed by atoms with Crippen molar-refractivity contribution in [1.82, 2.24) is 5.32 Å². The first-order valence-electron chi connectivity index (χ1n) is 6.43. The molecule has 1 amide bonds. The Kier molecular flexibility index (Phi) is 4.90. The van der Waals surface area contributed by atoms with Gasteiger partial charge in [0.1, 0.15) is 5.75 Å². The van der Waals surface area contributed by atoms with Gasteiger partial charge in [-0.3, -0.25) is 14.9 Å². The largest absolute Gasteiger partial charge is 0.484 e. The molecule has 1 rings (SSSR count). The molecule has 0 unspecified atom stereocenters. The lowest BCUT2D eigenvalue weighted by Gasteiger charge is -2.37. The van der Waals surface area contributed by atoms with Crippen LogP contribution in [0.5, 0.6) is 5.75 Å². The number of benzene rings is 1. The van der Waals surface area contributed by atoms with Crippen LogP contribution in [0.4, 0.5) is 5.69 Å². The molecule has 0 aliphatic heterocycles. The van der Waals surface area contributed by atoms with Crippen molar-refractivity contribution in [3.63, 3.8) is 0 Å². The standard InChI is InChI=1S/C14H20N2O5/c1-13(2,14(3,4)18)15-12(17)9-21-11-7-5-6-10(8-11)16(19)20/h5-8,18H,9H2,1-4H3,(H,15,17). The lowest BCUT2D eigenvalue weighted by atomic mass is 9.86. The number of amides is 1. The van der Waals surface area contributed by atoms with Crippen LogP contribution in [0.25, 0.3) is 0 Å². The lowest BCUT2D eigenvalue weighted by molar-refractivity contribution is -0.384. The number of ether oxygens (including phenoxy) is 1. The molecular formula is C14H20N2O5. The zero-order chi connectivity index (χ0) is 16.3. The van der Waals surface area contributed by atoms with Crippen molar-refractivity contribution >= 4 is 11.6 Å². The summed E-state index contributed by atoms with van der Waals surface area (Å²) in [5, 5.41) is 23.2. The van der Waals surface area contributed by atoms with Crippen molar-refractivity contribution < 1.29 is 19.6 Å². The Balaban J connectivity index is 2.62. The number of aliphatic hydroxyl groups is 1. The van der Waals surface area contributed by atoms with Gasteiger partial charge in [-0.05, 0) is 33.8 Å². The Bertz CT molecular complexity index is 534. The molecule has 0 atom stereocenters. The number of rotatable bonds is 6. The van der Waals surface area contributed by atoms with Gasteiger partial charge in [-0.1, -0.05) is 6.07 Å². The first kappa shape index (κ1) is 16.9. The quantitative estimate of drug-likeness (QED) is 0.613. The molecule has 0 heterocycles. The van der Waals surface area contributed by atoms with Gasteiger partial charge in [0, 0.05) is 6.07 Å². The Labute approximate surface area is 123 Å². The number of non-ortho nitro benzene ring substituents is 1. The fraction of sp³-hybridized carbons (Fsp3) is 0.500. The highest BCUT2D eigenvalue weighted by Crippen LogP contribution is 2.21. The van der Waals surface area contributed by atoms with Gasteiger partial charge in [0.15, 0.2) is 6.61 Å². The molecule has 2 N–H and O–H groups in total. The third-order valence-corrected chi connectivity index (χ3v) is 3.38. The molecule has 116 valence electrons. The number of carbonyl (C=O) groups is 1. The molecule has 0 saturated carbocycles. The van der Waals surface area contributed by atoms with E-state index in [1.165, 1.54) is 24.3 Å². The summed E-state index contributed by atoms with van der Waals surface area (Å²) in [5.41, 5.74) is -2.05. The van der Waals surface area contributed by atoms with E-state index in [-0.39, 0.29) is 18.0 Å². The Morgan fingerprint density at radius 1 is 1.38 bits per heavy atom. The topological polar surface area (TPSA) is 102 Å². The molecule has 0 bridgehead atoms. The van der Waals surface area contributed by atoms with Crippen molar-refractivity contribution in [3.8, 4) is 5.75 Å². The van der Waals surface area contributed by atoms with Gasteiger partial charge in [-0.15, -0.1) is 0 Å². The van der Waals surface area contributed by atoms with E-state index in [1.54, 1.807) is 27.7 Å². The Morgan fingerprint density at radius 2 is 2.00 bits per heavy atom. The normalized spacial score (nSPS) is 11.9. The van der Waals surface area contributed by atoms with Crippen LogP contribution in [0.2, 0.25) is 0 Å². The van der Waals surface area contributed by atoms with Crippen molar-refractivity contribution in [1.29, 1.82) is 0 Å². The van der Waals surface area contributed by atoms with Crippen LogP contribution in [-0.4, -0.2) is 33.7 Å². The highest BCUT2D eigenvalue weighted by Gasteiger charge is 2.36. The van der Waals surface area contributed by atoms with Gasteiger partial charge >= 0.3 is 0 Å². The van der Waals surface area contributed by atoms with Crippen molar-refractivity contribution in [2.45, 2.75) is 38.8 Å². The zero-order valence-electron chi connectivity index (χ0n) is 12.5. The van der Waals surface area contributed by atoms with Crippen LogP contribution in [0.15, 0.2) is 24.3 Å². The summed E-state index contributed by atoms with van der Waals surface area (Å²) in [4.78, 5) is 21.9. The predicted molar refractivity (Wildman–Crippen MR) is 77.1 cm³/mol. The summed E-state index contributed by atoms with van der Waals surface area (Å²) in [5.74, 6) is -0.186. The Hall–Kier alpha value is -2.15. The molecule has 21 heavy (non-hydrogen) atoms. The minimum Gasteiger partial charge on any atom is -0.484 e. The fourth-order valence-corrected chi connectivity index (χ4v) is 1.37. The van der Waals surface area contributed by atoms with Gasteiger partial charge in [0.05, 0.1) is 22.1 Å². The second-order valence-electron chi connectivity index (χ2n) is 5.78. The van der Waals surface area contributed by atoms with Gasteiger partial charge < -0.3 is 15.2 Å². The first-order valence-corrected chi connectivity index (χ1v) is 6.43. The van der Waals surface area contributed by atoms with Crippen LogP contribution in [-0.2, 0) is 4.79 Å². The summed E-state index contributed by atoms with van der Waals surface area (Å²) >= 11 is 0. The van der Waals surface area contributed by atoms with Crippen molar-refractivity contribution in [3.05, 3.63) is 34.4 Å². The van der Waals surface area contributed by atoms with E-state index in [0.29, 0.717) is 0 Å². The third kappa shape index (κ3) is 4.71. The molecule has 0 saturated heterocycles. The molecular weight excluding hydrogens is 276 g/mol. The molecule has 0 aromatic heterocycles. The summed E-state index contributed by atoms with van der Waals surface area (Å²) < 4.78 is 5.22. The average Bonchev–Trinajstić information content (AvgIpc) is 2.35. The molecule has 0 aliphatic carbocycles. The van der Waals surface area contributed by atoms with Crippen LogP contribution < -0.4 is 10.1 Å². The molecule has 1 aromatic carbocycles. The minimum absolute atomic E-state index is 0.107. The van der Waals surface area contributed by atoms with Gasteiger partial charge in [-0.2, -0.15) is 0 Å². The van der Waals surface area contributed by atoms with Crippen LogP contribution in [0.3, 0.4) is 0 Å². The highest BCUT2D eigenvalue weighted by atomic mass is 16.6. The number of nitro groups is 1. The fourth-order valence-electron chi connectivity index (χ4n) is 1.37. The van der Waals surface area contributed by atoms with E-state index in [1.807, 2.05) is 0 Å². The zero-order valence-corrected chi connectivity index (χ0v) is 12.5. The van der Waals surface area contributed by atoms with Crippen LogP contribution in [0, 0.1) is 10.1 Å². The number of nitrogens with zero attached hydrogens (tertiary/aromatic N) is 1. The van der Waals surface area contributed by atoms with Gasteiger partial charge in [0.25, 0.3) is 11.6 Å². The SMILES string of the molecule is CC(C)(O)C(C)(C)NC(=O)COc1cccc([N+](=O)[O-])c1. The smallest absolute Gasteiger partial charge is 0.273 e. The summed E-state index contributed by atoms with van der Waals surface area (Å²) in [6.07, 6.45) is 0. The highest BCUT2D eigenvalue weighted by molar-refractivity contribution is 5.78. The summed E-state index contributed by atoms with van der Waals surface area (Å²) in [7, 11) is 0. The maximum atomic E-state index is 11.8. The first-order chi connectivity index (χ1) is 9.53. The molecule has 7 nitrogen and oxygen atoms in total. The van der Waals surface area contributed by atoms with E-state index < -0.39 is 22.0 Å². The number of nitro benzene ring substituents is 1. The Morgan fingerprint density at radius 3 is 2.52 bits per heavy atom. The number of hydrogen-bond donors (Lipinski definition) is 2. The average molecular weight is 296 g/mol. The minimum atomic E-state index is -1.10. The summed E-state index contributed by atoms with van der Waals surface area (Å²) in [6.45, 7) is 6.28. The van der Waals surface area contributed by atoms with E-state index in [0.717, 1.165) is 0 Å². The van der Waals surface area contributed by atoms with Crippen LogP contribution >= 0.6 is 0 Å². The van der Waals surface area contributed by atoms with Gasteiger partial charge in [-0.25, -0.2) is 0 Å². The monoisotopic (exact) mass is 296 g/mol. The number of carbonyl (C=O) groups excluding carboxylic acids is 1. The second-order valence-corrected chi connectivity index (χ2v) is 5.78. The van der Waals surface area contributed by atoms with E-state index in [4.69, 9.17) is 4.74 Å². The molecule has 1 aromatic rings. The predicted octanol–water partition coefficient (Wildman–Crippen LogP) is 1.64. The van der Waals surface area contributed by atoms with Crippen molar-refractivity contribution in [2.75, 3.05) is 6.61 Å². The molecule has 0 aliphatic rings. The summed E-state index contributed by atoms with van der Waals surface area (Å²) in [6, 6.07) is 5.59.